The summed E-state index contributed by atoms with van der Waals surface area (Å²) >= 11 is 1.27. The van der Waals surface area contributed by atoms with Crippen molar-refractivity contribution in [3.8, 4) is 0 Å². The zero-order chi connectivity index (χ0) is 21.7. The van der Waals surface area contributed by atoms with E-state index >= 15 is 0 Å². The lowest BCUT2D eigenvalue weighted by Crippen LogP contribution is -2.21. The lowest BCUT2D eigenvalue weighted by atomic mass is 10.1. The van der Waals surface area contributed by atoms with Crippen LogP contribution in [0.4, 0.5) is 5.00 Å². The van der Waals surface area contributed by atoms with Crippen LogP contribution in [0.25, 0.3) is 0 Å². The van der Waals surface area contributed by atoms with E-state index in [2.05, 4.69) is 10.4 Å². The zero-order valence-electron chi connectivity index (χ0n) is 16.8. The highest BCUT2D eigenvalue weighted by atomic mass is 32.1. The minimum atomic E-state index is -0.609. The number of aryl methyl sites for hydroxylation is 1. The molecule has 3 rings (SSSR count). The molecule has 2 aromatic heterocycles. The fourth-order valence-electron chi connectivity index (χ4n) is 2.77. The van der Waals surface area contributed by atoms with Gasteiger partial charge < -0.3 is 14.8 Å². The second kappa shape index (κ2) is 9.36. The summed E-state index contributed by atoms with van der Waals surface area (Å²) in [5.74, 6) is -1.67. The summed E-state index contributed by atoms with van der Waals surface area (Å²) in [4.78, 5) is 37.3. The molecule has 0 radical (unpaired) electrons. The van der Waals surface area contributed by atoms with Crippen LogP contribution in [-0.2, 0) is 20.8 Å². The van der Waals surface area contributed by atoms with Crippen LogP contribution in [0.3, 0.4) is 0 Å². The minimum Gasteiger partial charge on any atom is -0.465 e. The predicted molar refractivity (Wildman–Crippen MR) is 112 cm³/mol. The van der Waals surface area contributed by atoms with E-state index < -0.39 is 24.5 Å². The maximum atomic E-state index is 12.2. The number of carbonyl (C=O) groups excluding carboxylic acids is 3. The summed E-state index contributed by atoms with van der Waals surface area (Å²) in [5, 5.41) is 7.13. The Morgan fingerprint density at radius 1 is 1.13 bits per heavy atom. The number of nitrogens with one attached hydrogen (secondary N) is 1. The van der Waals surface area contributed by atoms with Gasteiger partial charge in [0.2, 0.25) is 0 Å². The van der Waals surface area contributed by atoms with Crippen molar-refractivity contribution >= 4 is 34.2 Å². The van der Waals surface area contributed by atoms with Crippen molar-refractivity contribution in [2.24, 2.45) is 0 Å². The van der Waals surface area contributed by atoms with E-state index in [9.17, 15) is 14.4 Å². The maximum absolute atomic E-state index is 12.2. The SMILES string of the molecule is COC(=O)c1c(NC(=O)COC(=O)c2ccc(Cn3cccn3)cc2)sc(C)c1C. The number of methoxy groups -OCH3 is 1. The van der Waals surface area contributed by atoms with Gasteiger partial charge in [-0.05, 0) is 43.2 Å². The molecular formula is C21H21N3O5S. The topological polar surface area (TPSA) is 99.5 Å². The molecule has 1 N–H and O–H groups in total. The normalized spacial score (nSPS) is 10.5. The number of hydrogen-bond acceptors (Lipinski definition) is 7. The molecule has 156 valence electrons. The minimum absolute atomic E-state index is 0.312. The highest BCUT2D eigenvalue weighted by molar-refractivity contribution is 7.16. The first-order chi connectivity index (χ1) is 14.4. The van der Waals surface area contributed by atoms with Gasteiger partial charge in [-0.2, -0.15) is 5.10 Å². The molecule has 0 spiro atoms. The number of aromatic nitrogens is 2. The largest absolute Gasteiger partial charge is 0.465 e. The van der Waals surface area contributed by atoms with Crippen LogP contribution in [0.5, 0.6) is 0 Å². The molecule has 0 fully saturated rings. The summed E-state index contributed by atoms with van der Waals surface area (Å²) < 4.78 is 11.6. The third-order valence-corrected chi connectivity index (χ3v) is 5.58. The standard InChI is InChI=1S/C21H21N3O5S/c1-13-14(2)30-19(18(13)21(27)28-3)23-17(25)12-29-20(26)16-7-5-15(6-8-16)11-24-10-4-9-22-24/h4-10H,11-12H2,1-3H3,(H,23,25). The van der Waals surface area contributed by atoms with E-state index in [1.807, 2.05) is 19.2 Å². The Labute approximate surface area is 177 Å². The van der Waals surface area contributed by atoms with Crippen molar-refractivity contribution in [1.82, 2.24) is 9.78 Å². The Bertz CT molecular complexity index is 1060. The number of carbonyl (C=O) groups is 3. The number of ether oxygens (including phenoxy) is 2. The molecule has 30 heavy (non-hydrogen) atoms. The highest BCUT2D eigenvalue weighted by Crippen LogP contribution is 2.32. The molecule has 0 bridgehead atoms. The first kappa shape index (κ1) is 21.3. The molecule has 0 saturated heterocycles. The van der Waals surface area contributed by atoms with Gasteiger partial charge in [0.15, 0.2) is 6.61 Å². The van der Waals surface area contributed by atoms with Gasteiger partial charge >= 0.3 is 11.9 Å². The fraction of sp³-hybridized carbons (Fsp3) is 0.238. The third-order valence-electron chi connectivity index (χ3n) is 4.46. The number of thiophene rings is 1. The van der Waals surface area contributed by atoms with Gasteiger partial charge in [0.25, 0.3) is 5.91 Å². The first-order valence-corrected chi connectivity index (χ1v) is 9.92. The quantitative estimate of drug-likeness (QED) is 0.582. The monoisotopic (exact) mass is 427 g/mol. The van der Waals surface area contributed by atoms with E-state index in [1.165, 1.54) is 18.4 Å². The van der Waals surface area contributed by atoms with Gasteiger partial charge in [0.1, 0.15) is 5.00 Å². The summed E-state index contributed by atoms with van der Waals surface area (Å²) in [6.07, 6.45) is 3.55. The van der Waals surface area contributed by atoms with Gasteiger partial charge in [-0.15, -0.1) is 11.3 Å². The molecule has 8 nitrogen and oxygen atoms in total. The fourth-order valence-corrected chi connectivity index (χ4v) is 3.83. The molecule has 3 aromatic rings. The van der Waals surface area contributed by atoms with E-state index in [0.717, 1.165) is 16.0 Å². The van der Waals surface area contributed by atoms with Crippen LogP contribution < -0.4 is 5.32 Å². The molecule has 0 aliphatic rings. The van der Waals surface area contributed by atoms with Gasteiger partial charge in [-0.1, -0.05) is 12.1 Å². The Hall–Kier alpha value is -3.46. The van der Waals surface area contributed by atoms with Crippen LogP contribution in [0.2, 0.25) is 0 Å². The van der Waals surface area contributed by atoms with Crippen LogP contribution in [0.1, 0.15) is 36.7 Å². The average molecular weight is 427 g/mol. The first-order valence-electron chi connectivity index (χ1n) is 9.10. The zero-order valence-corrected chi connectivity index (χ0v) is 17.6. The van der Waals surface area contributed by atoms with E-state index in [0.29, 0.717) is 22.7 Å². The number of hydrogen-bond donors (Lipinski definition) is 1. The van der Waals surface area contributed by atoms with Crippen molar-refractivity contribution in [3.05, 3.63) is 69.9 Å². The Morgan fingerprint density at radius 2 is 1.87 bits per heavy atom. The van der Waals surface area contributed by atoms with Crippen molar-refractivity contribution < 1.29 is 23.9 Å². The van der Waals surface area contributed by atoms with E-state index in [1.54, 1.807) is 42.1 Å². The number of nitrogens with zero attached hydrogens (tertiary/aromatic N) is 2. The molecule has 9 heteroatoms. The lowest BCUT2D eigenvalue weighted by Gasteiger charge is -2.08. The Balaban J connectivity index is 1.56. The van der Waals surface area contributed by atoms with Crippen LogP contribution >= 0.6 is 11.3 Å². The highest BCUT2D eigenvalue weighted by Gasteiger charge is 2.22. The maximum Gasteiger partial charge on any atom is 0.341 e. The van der Waals surface area contributed by atoms with Crippen molar-refractivity contribution in [1.29, 1.82) is 0 Å². The number of esters is 2. The second-order valence-corrected chi connectivity index (χ2v) is 7.73. The molecule has 0 unspecified atom stereocenters. The van der Waals surface area contributed by atoms with Crippen LogP contribution in [0.15, 0.2) is 42.7 Å². The van der Waals surface area contributed by atoms with Crippen molar-refractivity contribution in [2.75, 3.05) is 19.0 Å². The Morgan fingerprint density at radius 3 is 2.50 bits per heavy atom. The number of rotatable bonds is 7. The predicted octanol–water partition coefficient (Wildman–Crippen LogP) is 3.19. The van der Waals surface area contributed by atoms with E-state index in [-0.39, 0.29) is 0 Å². The summed E-state index contributed by atoms with van der Waals surface area (Å²) in [5.41, 5.74) is 2.37. The van der Waals surface area contributed by atoms with Gasteiger partial charge in [-0.25, -0.2) is 9.59 Å². The number of amides is 1. The van der Waals surface area contributed by atoms with Gasteiger partial charge in [-0.3, -0.25) is 9.48 Å². The molecule has 0 aliphatic heterocycles. The van der Waals surface area contributed by atoms with Crippen molar-refractivity contribution in [2.45, 2.75) is 20.4 Å². The summed E-state index contributed by atoms with van der Waals surface area (Å²) in [6, 6.07) is 8.72. The smallest absolute Gasteiger partial charge is 0.341 e. The van der Waals surface area contributed by atoms with Crippen molar-refractivity contribution in [3.63, 3.8) is 0 Å². The molecular weight excluding hydrogens is 406 g/mol. The number of benzene rings is 1. The Kier molecular flexibility index (Phi) is 6.63. The second-order valence-electron chi connectivity index (χ2n) is 6.50. The third kappa shape index (κ3) is 4.93. The van der Waals surface area contributed by atoms with Gasteiger partial charge in [0.05, 0.1) is 24.8 Å². The average Bonchev–Trinajstić information content (AvgIpc) is 3.34. The molecule has 2 heterocycles. The summed E-state index contributed by atoms with van der Waals surface area (Å²) in [7, 11) is 1.28. The molecule has 0 atom stereocenters. The molecule has 0 aliphatic carbocycles. The van der Waals surface area contributed by atoms with Crippen LogP contribution in [0, 0.1) is 13.8 Å². The molecule has 1 amide bonds. The number of anilines is 1. The van der Waals surface area contributed by atoms with Gasteiger partial charge in [0, 0.05) is 17.3 Å². The van der Waals surface area contributed by atoms with E-state index in [4.69, 9.17) is 9.47 Å². The molecule has 1 aromatic carbocycles. The summed E-state index contributed by atoms with van der Waals surface area (Å²) in [6.45, 7) is 3.75. The lowest BCUT2D eigenvalue weighted by molar-refractivity contribution is -0.119. The van der Waals surface area contributed by atoms with Crippen LogP contribution in [-0.4, -0.2) is 41.3 Å². The molecule has 0 saturated carbocycles.